The zero-order valence-corrected chi connectivity index (χ0v) is 18.4. The number of nitrogens with zero attached hydrogens (tertiary/aromatic N) is 2. The molecule has 11 heteroatoms. The Kier molecular flexibility index (Phi) is 7.07. The van der Waals surface area contributed by atoms with E-state index >= 15 is 0 Å². The van der Waals surface area contributed by atoms with E-state index in [-0.39, 0.29) is 23.4 Å². The van der Waals surface area contributed by atoms with Crippen molar-refractivity contribution in [2.45, 2.75) is 11.3 Å². The minimum Gasteiger partial charge on any atom is -0.298 e. The van der Waals surface area contributed by atoms with Crippen LogP contribution in [0, 0.1) is 11.3 Å². The Morgan fingerprint density at radius 2 is 1.90 bits per heavy atom. The number of sulfonamides is 1. The Morgan fingerprint density at radius 3 is 2.57 bits per heavy atom. The summed E-state index contributed by atoms with van der Waals surface area (Å²) in [5, 5.41) is 14.3. The van der Waals surface area contributed by atoms with Crippen LogP contribution in [0.25, 0.3) is 11.3 Å². The number of hydrogen-bond donors (Lipinski definition) is 2. The van der Waals surface area contributed by atoms with Crippen LogP contribution >= 0.6 is 34.5 Å². The number of nitriles is 1. The second-order valence-electron chi connectivity index (χ2n) is 5.95. The van der Waals surface area contributed by atoms with Crippen molar-refractivity contribution in [1.82, 2.24) is 9.71 Å². The van der Waals surface area contributed by atoms with Crippen molar-refractivity contribution in [1.29, 1.82) is 5.26 Å². The topological polar surface area (TPSA) is 112 Å². The van der Waals surface area contributed by atoms with E-state index in [2.05, 4.69) is 15.0 Å². The third-order valence-electron chi connectivity index (χ3n) is 3.89. The molecule has 0 saturated carbocycles. The Hall–Kier alpha value is -2.48. The molecule has 0 saturated heterocycles. The van der Waals surface area contributed by atoms with Crippen molar-refractivity contribution in [2.75, 3.05) is 11.9 Å². The second kappa shape index (κ2) is 9.55. The van der Waals surface area contributed by atoms with Gasteiger partial charge >= 0.3 is 0 Å². The van der Waals surface area contributed by atoms with Crippen LogP contribution in [0.15, 0.2) is 52.7 Å². The highest BCUT2D eigenvalue weighted by Gasteiger charge is 2.16. The largest absolute Gasteiger partial charge is 0.298 e. The molecule has 0 fully saturated rings. The summed E-state index contributed by atoms with van der Waals surface area (Å²) < 4.78 is 26.5. The van der Waals surface area contributed by atoms with Crippen molar-refractivity contribution < 1.29 is 13.2 Å². The number of aromatic nitrogens is 1. The summed E-state index contributed by atoms with van der Waals surface area (Å²) in [5.41, 5.74) is 1.56. The molecule has 3 rings (SSSR count). The number of hydrogen-bond acceptors (Lipinski definition) is 6. The fourth-order valence-corrected chi connectivity index (χ4v) is 4.67. The molecule has 0 atom stereocenters. The van der Waals surface area contributed by atoms with Gasteiger partial charge in [-0.25, -0.2) is 18.1 Å². The van der Waals surface area contributed by atoms with E-state index in [1.165, 1.54) is 35.6 Å². The third kappa shape index (κ3) is 5.36. The van der Waals surface area contributed by atoms with Crippen LogP contribution in [0.2, 0.25) is 10.0 Å². The molecule has 0 aliphatic carbocycles. The van der Waals surface area contributed by atoms with E-state index in [1.54, 1.807) is 23.6 Å². The average Bonchev–Trinajstić information content (AvgIpc) is 3.16. The molecular formula is C19H14Cl2N4O3S2. The van der Waals surface area contributed by atoms with E-state index < -0.39 is 15.9 Å². The number of thiazole rings is 1. The van der Waals surface area contributed by atoms with Gasteiger partial charge in [-0.3, -0.25) is 10.1 Å². The molecule has 2 N–H and O–H groups in total. The molecule has 1 amide bonds. The molecule has 1 heterocycles. The fraction of sp³-hybridized carbons (Fsp3) is 0.105. The number of amides is 1. The summed E-state index contributed by atoms with van der Waals surface area (Å²) in [4.78, 5) is 16.8. The van der Waals surface area contributed by atoms with Crippen molar-refractivity contribution in [3.63, 3.8) is 0 Å². The maximum absolute atomic E-state index is 12.5. The lowest BCUT2D eigenvalue weighted by atomic mass is 10.2. The summed E-state index contributed by atoms with van der Waals surface area (Å²) in [6.45, 7) is 0.0189. The molecule has 2 aromatic carbocycles. The van der Waals surface area contributed by atoms with Crippen LogP contribution in [0.1, 0.15) is 16.8 Å². The Labute approximate surface area is 187 Å². The lowest BCUT2D eigenvalue weighted by Crippen LogP contribution is -2.24. The van der Waals surface area contributed by atoms with Gasteiger partial charge in [0.25, 0.3) is 5.91 Å². The van der Waals surface area contributed by atoms with Crippen molar-refractivity contribution in [2.24, 2.45) is 0 Å². The van der Waals surface area contributed by atoms with Gasteiger partial charge in [0, 0.05) is 34.5 Å². The first-order chi connectivity index (χ1) is 14.3. The lowest BCUT2D eigenvalue weighted by Gasteiger charge is -2.06. The van der Waals surface area contributed by atoms with Gasteiger partial charge < -0.3 is 0 Å². The van der Waals surface area contributed by atoms with Crippen molar-refractivity contribution >= 4 is 55.6 Å². The van der Waals surface area contributed by atoms with E-state index in [0.29, 0.717) is 26.4 Å². The van der Waals surface area contributed by atoms with Gasteiger partial charge in [-0.1, -0.05) is 23.2 Å². The lowest BCUT2D eigenvalue weighted by molar-refractivity contribution is 0.102. The molecule has 0 bridgehead atoms. The predicted octanol–water partition coefficient (Wildman–Crippen LogP) is 4.56. The van der Waals surface area contributed by atoms with Crippen LogP contribution in [-0.4, -0.2) is 25.9 Å². The zero-order chi connectivity index (χ0) is 21.7. The van der Waals surface area contributed by atoms with E-state index in [1.807, 2.05) is 6.07 Å². The van der Waals surface area contributed by atoms with Crippen molar-refractivity contribution in [3.8, 4) is 17.3 Å². The summed E-state index contributed by atoms with van der Waals surface area (Å²) in [7, 11) is -3.73. The molecule has 30 heavy (non-hydrogen) atoms. The number of carbonyl (C=O) groups is 1. The highest BCUT2D eigenvalue weighted by atomic mass is 35.5. The van der Waals surface area contributed by atoms with Crippen LogP contribution in [-0.2, 0) is 10.0 Å². The van der Waals surface area contributed by atoms with E-state index in [9.17, 15) is 13.2 Å². The van der Waals surface area contributed by atoms with Gasteiger partial charge in [0.05, 0.1) is 21.7 Å². The average molecular weight is 481 g/mol. The first-order valence-corrected chi connectivity index (χ1v) is 11.6. The predicted molar refractivity (Wildman–Crippen MR) is 117 cm³/mol. The first kappa shape index (κ1) is 22.2. The van der Waals surface area contributed by atoms with Gasteiger partial charge in [0.2, 0.25) is 10.0 Å². The number of rotatable bonds is 7. The van der Waals surface area contributed by atoms with Crippen molar-refractivity contribution in [3.05, 3.63) is 63.5 Å². The Balaban J connectivity index is 1.70. The number of carbonyl (C=O) groups excluding carboxylic acids is 1. The molecule has 0 spiro atoms. The second-order valence-corrected chi connectivity index (χ2v) is 9.42. The van der Waals surface area contributed by atoms with E-state index in [0.717, 1.165) is 0 Å². The van der Waals surface area contributed by atoms with Crippen LogP contribution in [0.4, 0.5) is 5.13 Å². The Morgan fingerprint density at radius 1 is 1.17 bits per heavy atom. The SMILES string of the molecule is N#CCCNS(=O)(=O)c1ccc(C(=O)Nc2nc(-c3ccc(Cl)cc3Cl)cs2)cc1. The van der Waals surface area contributed by atoms with Gasteiger partial charge in [-0.15, -0.1) is 11.3 Å². The molecule has 7 nitrogen and oxygen atoms in total. The molecule has 0 aliphatic heterocycles. The quantitative estimate of drug-likeness (QED) is 0.481. The molecule has 0 radical (unpaired) electrons. The number of anilines is 1. The monoisotopic (exact) mass is 480 g/mol. The number of benzene rings is 2. The highest BCUT2D eigenvalue weighted by molar-refractivity contribution is 7.89. The molecule has 0 aliphatic rings. The van der Waals surface area contributed by atoms with Gasteiger partial charge in [0.1, 0.15) is 0 Å². The van der Waals surface area contributed by atoms with Gasteiger partial charge in [-0.2, -0.15) is 5.26 Å². The van der Waals surface area contributed by atoms with Crippen LogP contribution < -0.4 is 10.0 Å². The minimum absolute atomic E-state index is 0.00547. The number of nitrogens with one attached hydrogen (secondary N) is 2. The molecule has 3 aromatic rings. The zero-order valence-electron chi connectivity index (χ0n) is 15.2. The summed E-state index contributed by atoms with van der Waals surface area (Å²) in [6, 6.07) is 12.4. The number of halogens is 2. The minimum atomic E-state index is -3.73. The van der Waals surface area contributed by atoms with Gasteiger partial charge in [0.15, 0.2) is 5.13 Å². The fourth-order valence-electron chi connectivity index (χ4n) is 2.43. The smallest absolute Gasteiger partial charge is 0.257 e. The molecule has 154 valence electrons. The summed E-state index contributed by atoms with van der Waals surface area (Å²) in [6.07, 6.45) is 0.0662. The van der Waals surface area contributed by atoms with Crippen LogP contribution in [0.3, 0.4) is 0 Å². The maximum atomic E-state index is 12.5. The molecule has 0 unspecified atom stereocenters. The Bertz CT molecular complexity index is 1220. The first-order valence-electron chi connectivity index (χ1n) is 8.49. The van der Waals surface area contributed by atoms with Crippen LogP contribution in [0.5, 0.6) is 0 Å². The maximum Gasteiger partial charge on any atom is 0.257 e. The third-order valence-corrected chi connectivity index (χ3v) is 6.67. The summed E-state index contributed by atoms with van der Waals surface area (Å²) in [5.74, 6) is -0.431. The molecular weight excluding hydrogens is 467 g/mol. The standard InChI is InChI=1S/C19H14Cl2N4O3S2/c20-13-4-7-15(16(21)10-13)17-11-29-19(24-17)25-18(26)12-2-5-14(6-3-12)30(27,28)23-9-1-8-22/h2-7,10-11,23H,1,9H2,(H,24,25,26). The summed E-state index contributed by atoms with van der Waals surface area (Å²) >= 11 is 13.3. The molecule has 1 aromatic heterocycles. The highest BCUT2D eigenvalue weighted by Crippen LogP contribution is 2.32. The normalized spacial score (nSPS) is 11.1. The van der Waals surface area contributed by atoms with E-state index in [4.69, 9.17) is 28.5 Å². The van der Waals surface area contributed by atoms with Gasteiger partial charge in [-0.05, 0) is 42.5 Å².